The van der Waals surface area contributed by atoms with E-state index in [-0.39, 0.29) is 0 Å². The Bertz CT molecular complexity index is 190. The molecule has 0 aliphatic rings. The summed E-state index contributed by atoms with van der Waals surface area (Å²) >= 11 is 0. The van der Waals surface area contributed by atoms with Crippen molar-refractivity contribution in [3.8, 4) is 12.1 Å². The van der Waals surface area contributed by atoms with Crippen LogP contribution in [-0.2, 0) is 0 Å². The molecular formula is C12H24N4. The summed E-state index contributed by atoms with van der Waals surface area (Å²) in [7, 11) is 1.89. The van der Waals surface area contributed by atoms with E-state index >= 15 is 0 Å². The minimum absolute atomic E-state index is 0.629. The molecule has 0 aromatic carbocycles. The van der Waals surface area contributed by atoms with Crippen molar-refractivity contribution in [2.75, 3.05) is 26.7 Å². The molecule has 16 heavy (non-hydrogen) atoms. The predicted octanol–water partition coefficient (Wildman–Crippen LogP) is 1.80. The average molecular weight is 224 g/mol. The van der Waals surface area contributed by atoms with Crippen LogP contribution in [0.4, 0.5) is 0 Å². The van der Waals surface area contributed by atoms with Gasteiger partial charge in [0.1, 0.15) is 0 Å². The van der Waals surface area contributed by atoms with Gasteiger partial charge in [-0.05, 0) is 33.0 Å². The van der Waals surface area contributed by atoms with E-state index in [0.29, 0.717) is 12.8 Å². The van der Waals surface area contributed by atoms with Crippen LogP contribution in [-0.4, -0.2) is 26.7 Å². The Balaban J connectivity index is 0. The fourth-order valence-corrected chi connectivity index (χ4v) is 0.915. The van der Waals surface area contributed by atoms with E-state index in [1.165, 1.54) is 12.8 Å². The number of nitrogens with zero attached hydrogens (tertiary/aromatic N) is 2. The number of unbranched alkanes of at least 4 members (excludes halogenated alkanes) is 2. The smallest absolute Gasteiger partial charge is 0.0635 e. The van der Waals surface area contributed by atoms with E-state index in [0.717, 1.165) is 26.1 Å². The van der Waals surface area contributed by atoms with Gasteiger partial charge in [0.25, 0.3) is 0 Å². The van der Waals surface area contributed by atoms with Crippen LogP contribution in [0.2, 0.25) is 0 Å². The minimum Gasteiger partial charge on any atom is -0.320 e. The second-order valence-electron chi connectivity index (χ2n) is 3.38. The monoisotopic (exact) mass is 224 g/mol. The van der Waals surface area contributed by atoms with Crippen LogP contribution in [0.5, 0.6) is 0 Å². The Morgan fingerprint density at radius 2 is 1.62 bits per heavy atom. The lowest BCUT2D eigenvalue weighted by atomic mass is 10.3. The van der Waals surface area contributed by atoms with E-state index in [9.17, 15) is 0 Å². The molecule has 4 heteroatoms. The Morgan fingerprint density at radius 1 is 0.938 bits per heavy atom. The van der Waals surface area contributed by atoms with E-state index in [1.807, 2.05) is 7.05 Å². The number of nitriles is 2. The number of nitrogens with one attached hydrogen (secondary N) is 2. The molecule has 0 amide bonds. The van der Waals surface area contributed by atoms with Crippen LogP contribution >= 0.6 is 0 Å². The van der Waals surface area contributed by atoms with Gasteiger partial charge in [0.15, 0.2) is 0 Å². The van der Waals surface area contributed by atoms with Gasteiger partial charge in [0.05, 0.1) is 12.1 Å². The lowest BCUT2D eigenvalue weighted by molar-refractivity contribution is 0.647. The van der Waals surface area contributed by atoms with Gasteiger partial charge in [-0.25, -0.2) is 0 Å². The van der Waals surface area contributed by atoms with Gasteiger partial charge in [0, 0.05) is 19.4 Å². The normalized spacial score (nSPS) is 8.50. The summed E-state index contributed by atoms with van der Waals surface area (Å²) in [5, 5.41) is 22.3. The topological polar surface area (TPSA) is 71.6 Å². The van der Waals surface area contributed by atoms with Crippen LogP contribution in [0, 0.1) is 22.7 Å². The fraction of sp³-hybridized carbons (Fsp3) is 0.833. The molecule has 2 N–H and O–H groups in total. The first kappa shape index (κ1) is 17.3. The van der Waals surface area contributed by atoms with Crippen LogP contribution < -0.4 is 10.6 Å². The standard InChI is InChI=1S/C7H14N2.C5H10N2/c1-2-3-6-9-7-4-5-8;1-7-5-3-2-4-6/h9H,2-4,6-7H2,1H3;7H,2-3,5H2,1H3. The molecule has 0 spiro atoms. The summed E-state index contributed by atoms with van der Waals surface area (Å²) in [6.45, 7) is 5.01. The summed E-state index contributed by atoms with van der Waals surface area (Å²) in [5.74, 6) is 0. The van der Waals surface area contributed by atoms with Crippen molar-refractivity contribution in [3.63, 3.8) is 0 Å². The molecule has 0 aliphatic carbocycles. The maximum Gasteiger partial charge on any atom is 0.0635 e. The van der Waals surface area contributed by atoms with Crippen LogP contribution in [0.25, 0.3) is 0 Å². The first-order valence-electron chi connectivity index (χ1n) is 5.92. The largest absolute Gasteiger partial charge is 0.320 e. The Kier molecular flexibility index (Phi) is 21.1. The van der Waals surface area contributed by atoms with E-state index in [1.54, 1.807) is 0 Å². The van der Waals surface area contributed by atoms with E-state index in [2.05, 4.69) is 29.7 Å². The van der Waals surface area contributed by atoms with Gasteiger partial charge in [-0.2, -0.15) is 10.5 Å². The van der Waals surface area contributed by atoms with Gasteiger partial charge in [0.2, 0.25) is 0 Å². The van der Waals surface area contributed by atoms with Crippen molar-refractivity contribution in [2.45, 2.75) is 39.0 Å². The highest BCUT2D eigenvalue weighted by Crippen LogP contribution is 1.82. The molecule has 0 atom stereocenters. The van der Waals surface area contributed by atoms with Crippen molar-refractivity contribution in [1.82, 2.24) is 10.6 Å². The van der Waals surface area contributed by atoms with Gasteiger partial charge in [-0.15, -0.1) is 0 Å². The van der Waals surface area contributed by atoms with Crippen LogP contribution in [0.3, 0.4) is 0 Å². The third-order valence-corrected chi connectivity index (χ3v) is 1.84. The fourth-order valence-electron chi connectivity index (χ4n) is 0.915. The zero-order valence-corrected chi connectivity index (χ0v) is 10.6. The summed E-state index contributed by atoms with van der Waals surface area (Å²) in [6, 6.07) is 4.14. The highest BCUT2D eigenvalue weighted by molar-refractivity contribution is 4.69. The molecule has 0 aromatic heterocycles. The Morgan fingerprint density at radius 3 is 2.12 bits per heavy atom. The van der Waals surface area contributed by atoms with Crippen molar-refractivity contribution in [1.29, 1.82) is 10.5 Å². The maximum absolute atomic E-state index is 8.13. The summed E-state index contributed by atoms with van der Waals surface area (Å²) < 4.78 is 0. The first-order valence-corrected chi connectivity index (χ1v) is 5.92. The molecule has 0 unspecified atom stereocenters. The second-order valence-corrected chi connectivity index (χ2v) is 3.38. The molecule has 0 heterocycles. The number of hydrogen-bond acceptors (Lipinski definition) is 4. The van der Waals surface area contributed by atoms with Crippen LogP contribution in [0.1, 0.15) is 39.0 Å². The molecule has 0 fully saturated rings. The molecule has 0 saturated carbocycles. The molecule has 0 radical (unpaired) electrons. The van der Waals surface area contributed by atoms with Gasteiger partial charge in [-0.3, -0.25) is 0 Å². The second kappa shape index (κ2) is 19.5. The van der Waals surface area contributed by atoms with Gasteiger partial charge in [-0.1, -0.05) is 13.3 Å². The first-order chi connectivity index (χ1) is 7.83. The molecule has 0 aliphatic heterocycles. The highest BCUT2D eigenvalue weighted by Gasteiger charge is 1.83. The zero-order chi connectivity index (χ0) is 12.5. The number of hydrogen-bond donors (Lipinski definition) is 2. The lowest BCUT2D eigenvalue weighted by Crippen LogP contribution is -2.15. The van der Waals surface area contributed by atoms with Gasteiger partial charge >= 0.3 is 0 Å². The minimum atomic E-state index is 0.629. The lowest BCUT2D eigenvalue weighted by Gasteiger charge is -1.97. The third kappa shape index (κ3) is 23.1. The van der Waals surface area contributed by atoms with Gasteiger partial charge < -0.3 is 10.6 Å². The molecule has 4 nitrogen and oxygen atoms in total. The predicted molar refractivity (Wildman–Crippen MR) is 66.8 cm³/mol. The van der Waals surface area contributed by atoms with Crippen LogP contribution in [0.15, 0.2) is 0 Å². The van der Waals surface area contributed by atoms with E-state index < -0.39 is 0 Å². The summed E-state index contributed by atoms with van der Waals surface area (Å²) in [6.07, 6.45) is 4.70. The van der Waals surface area contributed by atoms with E-state index in [4.69, 9.17) is 10.5 Å². The van der Waals surface area contributed by atoms with Crippen molar-refractivity contribution in [3.05, 3.63) is 0 Å². The molecule has 0 rings (SSSR count). The Hall–Kier alpha value is -1.10. The third-order valence-electron chi connectivity index (χ3n) is 1.84. The highest BCUT2D eigenvalue weighted by atomic mass is 14.8. The Labute approximate surface area is 99.6 Å². The molecule has 0 bridgehead atoms. The quantitative estimate of drug-likeness (QED) is 0.617. The molecule has 0 aromatic rings. The summed E-state index contributed by atoms with van der Waals surface area (Å²) in [4.78, 5) is 0. The SMILES string of the molecule is CCCCNCCC#N.CNCCCC#N. The maximum atomic E-state index is 8.13. The molecule has 92 valence electrons. The van der Waals surface area contributed by atoms with Crippen molar-refractivity contribution >= 4 is 0 Å². The van der Waals surface area contributed by atoms with Crippen molar-refractivity contribution in [2.24, 2.45) is 0 Å². The average Bonchev–Trinajstić information content (AvgIpc) is 2.31. The number of rotatable bonds is 8. The molecule has 0 saturated heterocycles. The molecular weight excluding hydrogens is 200 g/mol. The summed E-state index contributed by atoms with van der Waals surface area (Å²) in [5.41, 5.74) is 0. The van der Waals surface area contributed by atoms with Crippen molar-refractivity contribution < 1.29 is 0 Å². The zero-order valence-electron chi connectivity index (χ0n) is 10.6.